The first-order valence-corrected chi connectivity index (χ1v) is 8.80. The molecule has 0 atom stereocenters. The Bertz CT molecular complexity index is 783. The lowest BCUT2D eigenvalue weighted by atomic mass is 10.2. The van der Waals surface area contributed by atoms with Gasteiger partial charge in [0.1, 0.15) is 0 Å². The smallest absolute Gasteiger partial charge is 0.187 e. The van der Waals surface area contributed by atoms with E-state index >= 15 is 0 Å². The molecule has 0 amide bonds. The van der Waals surface area contributed by atoms with Gasteiger partial charge in [-0.15, -0.1) is 0 Å². The topological polar surface area (TPSA) is 83.7 Å². The number of nitriles is 1. The maximum Gasteiger partial charge on any atom is 0.187 e. The first-order valence-electron chi connectivity index (χ1n) is 6.16. The molecule has 7 heteroatoms. The molecule has 2 aromatic rings. The van der Waals surface area contributed by atoms with Gasteiger partial charge < -0.3 is 0 Å². The molecule has 1 heterocycles. The maximum absolute atomic E-state index is 12.2. The summed E-state index contributed by atoms with van der Waals surface area (Å²) in [6, 6.07) is 9.77. The predicted molar refractivity (Wildman–Crippen MR) is 80.7 cm³/mol. The number of aryl methyl sites for hydroxylation is 1. The van der Waals surface area contributed by atoms with E-state index in [1.807, 2.05) is 13.0 Å². The lowest BCUT2D eigenvalue weighted by Crippen LogP contribution is -2.09. The second-order valence-corrected chi connectivity index (χ2v) is 7.46. The second kappa shape index (κ2) is 6.70. The first kappa shape index (κ1) is 15.5. The summed E-state index contributed by atoms with van der Waals surface area (Å²) >= 11 is 1.30. The Morgan fingerprint density at radius 1 is 1.33 bits per heavy atom. The molecule has 21 heavy (non-hydrogen) atoms. The van der Waals surface area contributed by atoms with Crippen molar-refractivity contribution in [2.24, 2.45) is 0 Å². The Balaban J connectivity index is 2.03. The van der Waals surface area contributed by atoms with Gasteiger partial charge in [-0.25, -0.2) is 18.4 Å². The Morgan fingerprint density at radius 3 is 2.86 bits per heavy atom. The fraction of sp³-hybridized carbons (Fsp3) is 0.214. The molecular formula is C14H13N3O2S2. The summed E-state index contributed by atoms with van der Waals surface area (Å²) in [5.41, 5.74) is 1.18. The number of sulfone groups is 1. The van der Waals surface area contributed by atoms with Crippen LogP contribution in [-0.4, -0.2) is 29.9 Å². The second-order valence-electron chi connectivity index (χ2n) is 4.29. The number of rotatable bonds is 5. The molecule has 0 fully saturated rings. The van der Waals surface area contributed by atoms with E-state index in [-0.39, 0.29) is 10.6 Å². The Hall–Kier alpha value is -1.91. The van der Waals surface area contributed by atoms with Crippen LogP contribution in [0.3, 0.4) is 0 Å². The van der Waals surface area contributed by atoms with Crippen molar-refractivity contribution >= 4 is 21.6 Å². The predicted octanol–water partition coefficient (Wildman–Crippen LogP) is 2.22. The van der Waals surface area contributed by atoms with E-state index in [1.165, 1.54) is 23.9 Å². The minimum Gasteiger partial charge on any atom is -0.231 e. The maximum atomic E-state index is 12.2. The molecule has 108 valence electrons. The number of thioether (sulfide) groups is 1. The number of benzene rings is 1. The third-order valence-corrected chi connectivity index (χ3v) is 5.51. The molecule has 1 aromatic carbocycles. The van der Waals surface area contributed by atoms with Gasteiger partial charge in [0, 0.05) is 17.6 Å². The highest BCUT2D eigenvalue weighted by atomic mass is 32.2. The average Bonchev–Trinajstić information content (AvgIpc) is 2.47. The van der Waals surface area contributed by atoms with Gasteiger partial charge >= 0.3 is 0 Å². The summed E-state index contributed by atoms with van der Waals surface area (Å²) in [6.07, 6.45) is 1.65. The fourth-order valence-corrected chi connectivity index (χ4v) is 4.18. The molecule has 0 bridgehead atoms. The van der Waals surface area contributed by atoms with Crippen molar-refractivity contribution in [2.45, 2.75) is 17.0 Å². The van der Waals surface area contributed by atoms with Crippen LogP contribution in [0.5, 0.6) is 0 Å². The van der Waals surface area contributed by atoms with Gasteiger partial charge in [-0.3, -0.25) is 0 Å². The van der Waals surface area contributed by atoms with Crippen molar-refractivity contribution in [3.63, 3.8) is 0 Å². The molecule has 0 aliphatic rings. The van der Waals surface area contributed by atoms with Gasteiger partial charge in [-0.1, -0.05) is 17.8 Å². The minimum absolute atomic E-state index is 0.0240. The third-order valence-electron chi connectivity index (χ3n) is 2.68. The molecule has 0 aliphatic heterocycles. The summed E-state index contributed by atoms with van der Waals surface area (Å²) in [4.78, 5) is 8.45. The number of aromatic nitrogens is 2. The van der Waals surface area contributed by atoms with E-state index in [4.69, 9.17) is 5.26 Å². The molecule has 0 saturated heterocycles. The quantitative estimate of drug-likeness (QED) is 0.620. The highest BCUT2D eigenvalue weighted by molar-refractivity contribution is 8.00. The largest absolute Gasteiger partial charge is 0.231 e. The van der Waals surface area contributed by atoms with Gasteiger partial charge in [-0.2, -0.15) is 5.26 Å². The Labute approximate surface area is 128 Å². The van der Waals surface area contributed by atoms with Crippen molar-refractivity contribution in [3.05, 3.63) is 47.8 Å². The Morgan fingerprint density at radius 2 is 2.14 bits per heavy atom. The summed E-state index contributed by atoms with van der Waals surface area (Å²) in [6.45, 7) is 1.86. The van der Waals surface area contributed by atoms with E-state index in [0.29, 0.717) is 16.5 Å². The monoisotopic (exact) mass is 319 g/mol. The summed E-state index contributed by atoms with van der Waals surface area (Å²) in [7, 11) is -3.40. The molecule has 2 rings (SSSR count). The molecule has 1 aromatic heterocycles. The van der Waals surface area contributed by atoms with Crippen molar-refractivity contribution in [1.29, 1.82) is 5.26 Å². The van der Waals surface area contributed by atoms with Crippen LogP contribution in [0.25, 0.3) is 0 Å². The van der Waals surface area contributed by atoms with Crippen LogP contribution >= 0.6 is 11.8 Å². The summed E-state index contributed by atoms with van der Waals surface area (Å²) < 4.78 is 24.4. The van der Waals surface area contributed by atoms with E-state index < -0.39 is 9.84 Å². The highest BCUT2D eigenvalue weighted by Gasteiger charge is 2.15. The van der Waals surface area contributed by atoms with Crippen molar-refractivity contribution < 1.29 is 8.42 Å². The summed E-state index contributed by atoms with van der Waals surface area (Å²) in [5, 5.41) is 9.38. The lowest BCUT2D eigenvalue weighted by molar-refractivity contribution is 0.597. The average molecular weight is 319 g/mol. The van der Waals surface area contributed by atoms with Crippen LogP contribution in [0, 0.1) is 18.3 Å². The van der Waals surface area contributed by atoms with Crippen LogP contribution in [0.4, 0.5) is 0 Å². The van der Waals surface area contributed by atoms with E-state index in [1.54, 1.807) is 24.4 Å². The molecular weight excluding hydrogens is 306 g/mol. The molecule has 0 aliphatic carbocycles. The summed E-state index contributed by atoms with van der Waals surface area (Å²) in [5.74, 6) is 0.340. The lowest BCUT2D eigenvalue weighted by Gasteiger charge is -2.04. The van der Waals surface area contributed by atoms with Crippen LogP contribution in [0.1, 0.15) is 11.3 Å². The molecule has 0 N–H and O–H groups in total. The normalized spacial score (nSPS) is 11.0. The van der Waals surface area contributed by atoms with Crippen LogP contribution < -0.4 is 0 Å². The van der Waals surface area contributed by atoms with Crippen LogP contribution in [-0.2, 0) is 9.84 Å². The van der Waals surface area contributed by atoms with Crippen molar-refractivity contribution in [2.75, 3.05) is 11.5 Å². The first-order chi connectivity index (χ1) is 10.0. The highest BCUT2D eigenvalue weighted by Crippen LogP contribution is 2.17. The molecule has 0 saturated carbocycles. The Kier molecular flexibility index (Phi) is 4.94. The fourth-order valence-electron chi connectivity index (χ4n) is 1.62. The number of hydrogen-bond acceptors (Lipinski definition) is 6. The number of nitrogens with zero attached hydrogens (tertiary/aromatic N) is 3. The zero-order valence-electron chi connectivity index (χ0n) is 11.4. The van der Waals surface area contributed by atoms with Crippen molar-refractivity contribution in [3.8, 4) is 6.07 Å². The van der Waals surface area contributed by atoms with Gasteiger partial charge in [0.05, 0.1) is 22.3 Å². The number of hydrogen-bond donors (Lipinski definition) is 0. The standard InChI is InChI=1S/C14H13N3O2S2/c1-11-5-6-16-14(17-11)20-7-8-21(18,19)13-4-2-3-12(9-13)10-15/h2-6,9H,7-8H2,1H3. The molecule has 0 spiro atoms. The van der Waals surface area contributed by atoms with E-state index in [0.717, 1.165) is 5.69 Å². The SMILES string of the molecule is Cc1ccnc(SCCS(=O)(=O)c2cccc(C#N)c2)n1. The third kappa shape index (κ3) is 4.28. The van der Waals surface area contributed by atoms with Gasteiger partial charge in [0.25, 0.3) is 0 Å². The zero-order valence-corrected chi connectivity index (χ0v) is 13.0. The van der Waals surface area contributed by atoms with Crippen LogP contribution in [0.15, 0.2) is 46.6 Å². The molecule has 0 unspecified atom stereocenters. The zero-order chi connectivity index (χ0) is 15.3. The van der Waals surface area contributed by atoms with Gasteiger partial charge in [0.2, 0.25) is 0 Å². The van der Waals surface area contributed by atoms with Crippen molar-refractivity contribution in [1.82, 2.24) is 9.97 Å². The van der Waals surface area contributed by atoms with Gasteiger partial charge in [-0.05, 0) is 31.2 Å². The van der Waals surface area contributed by atoms with Gasteiger partial charge in [0.15, 0.2) is 15.0 Å². The van der Waals surface area contributed by atoms with E-state index in [2.05, 4.69) is 9.97 Å². The van der Waals surface area contributed by atoms with Crippen LogP contribution in [0.2, 0.25) is 0 Å². The minimum atomic E-state index is -3.40. The van der Waals surface area contributed by atoms with E-state index in [9.17, 15) is 8.42 Å². The molecule has 5 nitrogen and oxygen atoms in total. The molecule has 0 radical (unpaired) electrons.